The standard InChI is InChI=1S/C11H14N6O2/c1-4-12-11-14-7(2)5-8(15-11)17-6-13-9(16-17)10(18)19-3/h5-6H,4H2,1-3H3,(H,12,14,15). The van der Waals surface area contributed by atoms with Crippen LogP contribution in [0.4, 0.5) is 5.95 Å². The van der Waals surface area contributed by atoms with Crippen LogP contribution in [0.15, 0.2) is 12.4 Å². The number of methoxy groups -OCH3 is 1. The smallest absolute Gasteiger partial charge is 0.377 e. The van der Waals surface area contributed by atoms with Crippen LogP contribution in [0.25, 0.3) is 5.82 Å². The van der Waals surface area contributed by atoms with Gasteiger partial charge in [-0.1, -0.05) is 0 Å². The summed E-state index contributed by atoms with van der Waals surface area (Å²) in [5.41, 5.74) is 0.788. The molecule has 0 aliphatic carbocycles. The van der Waals surface area contributed by atoms with Gasteiger partial charge in [0.1, 0.15) is 6.33 Å². The number of esters is 1. The van der Waals surface area contributed by atoms with Crippen LogP contribution in [0.5, 0.6) is 0 Å². The predicted molar refractivity (Wildman–Crippen MR) is 67.2 cm³/mol. The third-order valence-corrected chi connectivity index (χ3v) is 2.27. The van der Waals surface area contributed by atoms with Crippen LogP contribution in [0.3, 0.4) is 0 Å². The van der Waals surface area contributed by atoms with E-state index in [1.165, 1.54) is 18.1 Å². The number of aryl methyl sites for hydroxylation is 1. The highest BCUT2D eigenvalue weighted by molar-refractivity contribution is 5.84. The van der Waals surface area contributed by atoms with E-state index in [9.17, 15) is 4.79 Å². The summed E-state index contributed by atoms with van der Waals surface area (Å²) >= 11 is 0. The SMILES string of the molecule is CCNc1nc(C)cc(-n2cnc(C(=O)OC)n2)n1. The molecule has 8 nitrogen and oxygen atoms in total. The molecule has 100 valence electrons. The Bertz CT molecular complexity index is 595. The molecule has 0 aliphatic rings. The van der Waals surface area contributed by atoms with E-state index in [1.807, 2.05) is 13.8 Å². The Labute approximate surface area is 109 Å². The molecule has 2 aromatic rings. The summed E-state index contributed by atoms with van der Waals surface area (Å²) in [6.45, 7) is 4.52. The third kappa shape index (κ3) is 2.84. The first-order chi connectivity index (χ1) is 9.13. The van der Waals surface area contributed by atoms with Crippen LogP contribution in [0.1, 0.15) is 23.2 Å². The summed E-state index contributed by atoms with van der Waals surface area (Å²) in [7, 11) is 1.28. The fourth-order valence-electron chi connectivity index (χ4n) is 1.46. The summed E-state index contributed by atoms with van der Waals surface area (Å²) in [4.78, 5) is 23.7. The van der Waals surface area contributed by atoms with Gasteiger partial charge in [0.15, 0.2) is 5.82 Å². The quantitative estimate of drug-likeness (QED) is 0.805. The molecular formula is C11H14N6O2. The lowest BCUT2D eigenvalue weighted by Gasteiger charge is -2.05. The first-order valence-corrected chi connectivity index (χ1v) is 5.74. The summed E-state index contributed by atoms with van der Waals surface area (Å²) in [6.07, 6.45) is 1.41. The fraction of sp³-hybridized carbons (Fsp3) is 0.364. The molecular weight excluding hydrogens is 248 g/mol. The number of carbonyl (C=O) groups excluding carboxylic acids is 1. The molecule has 2 heterocycles. The molecule has 0 unspecified atom stereocenters. The maximum absolute atomic E-state index is 11.3. The second-order valence-electron chi connectivity index (χ2n) is 3.73. The van der Waals surface area contributed by atoms with Crippen LogP contribution in [-0.4, -0.2) is 44.4 Å². The normalized spacial score (nSPS) is 10.3. The van der Waals surface area contributed by atoms with Gasteiger partial charge in [-0.05, 0) is 13.8 Å². The monoisotopic (exact) mass is 262 g/mol. The van der Waals surface area contributed by atoms with E-state index in [-0.39, 0.29) is 5.82 Å². The summed E-state index contributed by atoms with van der Waals surface area (Å²) in [5.74, 6) is 0.443. The zero-order chi connectivity index (χ0) is 13.8. The Morgan fingerprint density at radius 3 is 2.95 bits per heavy atom. The van der Waals surface area contributed by atoms with Crippen molar-refractivity contribution in [2.45, 2.75) is 13.8 Å². The van der Waals surface area contributed by atoms with Crippen molar-refractivity contribution in [1.29, 1.82) is 0 Å². The van der Waals surface area contributed by atoms with E-state index in [0.29, 0.717) is 18.3 Å². The predicted octanol–water partition coefficient (Wildman–Crippen LogP) is 0.584. The molecule has 0 bridgehead atoms. The number of rotatable bonds is 4. The Morgan fingerprint density at radius 2 is 2.26 bits per heavy atom. The van der Waals surface area contributed by atoms with Gasteiger partial charge in [-0.3, -0.25) is 0 Å². The van der Waals surface area contributed by atoms with Crippen molar-refractivity contribution in [3.05, 3.63) is 23.9 Å². The van der Waals surface area contributed by atoms with Crippen molar-refractivity contribution in [2.24, 2.45) is 0 Å². The van der Waals surface area contributed by atoms with Gasteiger partial charge in [0.25, 0.3) is 5.82 Å². The molecule has 2 aromatic heterocycles. The molecule has 0 aromatic carbocycles. The van der Waals surface area contributed by atoms with Gasteiger partial charge in [0.05, 0.1) is 7.11 Å². The van der Waals surface area contributed by atoms with Crippen molar-refractivity contribution in [1.82, 2.24) is 24.7 Å². The zero-order valence-corrected chi connectivity index (χ0v) is 10.9. The largest absolute Gasteiger partial charge is 0.463 e. The fourth-order valence-corrected chi connectivity index (χ4v) is 1.46. The maximum atomic E-state index is 11.3. The molecule has 2 rings (SSSR count). The minimum Gasteiger partial charge on any atom is -0.463 e. The second-order valence-corrected chi connectivity index (χ2v) is 3.73. The average Bonchev–Trinajstić information content (AvgIpc) is 2.87. The van der Waals surface area contributed by atoms with Crippen molar-refractivity contribution < 1.29 is 9.53 Å². The lowest BCUT2D eigenvalue weighted by Crippen LogP contribution is -2.09. The lowest BCUT2D eigenvalue weighted by molar-refractivity contribution is 0.0587. The zero-order valence-electron chi connectivity index (χ0n) is 10.9. The van der Waals surface area contributed by atoms with Gasteiger partial charge >= 0.3 is 5.97 Å². The summed E-state index contributed by atoms with van der Waals surface area (Å²) in [5, 5.41) is 7.03. The average molecular weight is 262 g/mol. The van der Waals surface area contributed by atoms with Gasteiger partial charge in [-0.25, -0.2) is 19.4 Å². The minimum atomic E-state index is -0.587. The number of aromatic nitrogens is 5. The van der Waals surface area contributed by atoms with Crippen LogP contribution >= 0.6 is 0 Å². The molecule has 0 saturated carbocycles. The first-order valence-electron chi connectivity index (χ1n) is 5.74. The second kappa shape index (κ2) is 5.42. The number of hydrogen-bond acceptors (Lipinski definition) is 7. The highest BCUT2D eigenvalue weighted by Gasteiger charge is 2.13. The van der Waals surface area contributed by atoms with E-state index in [4.69, 9.17) is 0 Å². The Balaban J connectivity index is 2.35. The van der Waals surface area contributed by atoms with Crippen molar-refractivity contribution >= 4 is 11.9 Å². The number of nitrogens with zero attached hydrogens (tertiary/aromatic N) is 5. The Morgan fingerprint density at radius 1 is 1.47 bits per heavy atom. The van der Waals surface area contributed by atoms with Gasteiger partial charge < -0.3 is 10.1 Å². The molecule has 8 heteroatoms. The van der Waals surface area contributed by atoms with Gasteiger partial charge in [0.2, 0.25) is 5.95 Å². The Hall–Kier alpha value is -2.51. The van der Waals surface area contributed by atoms with E-state index >= 15 is 0 Å². The van der Waals surface area contributed by atoms with E-state index in [2.05, 4.69) is 30.1 Å². The number of carbonyl (C=O) groups is 1. The minimum absolute atomic E-state index is 0.0104. The number of ether oxygens (including phenoxy) is 1. The molecule has 0 atom stereocenters. The number of hydrogen-bond donors (Lipinski definition) is 1. The number of anilines is 1. The van der Waals surface area contributed by atoms with Crippen molar-refractivity contribution in [3.8, 4) is 5.82 Å². The number of nitrogens with one attached hydrogen (secondary N) is 1. The third-order valence-electron chi connectivity index (χ3n) is 2.27. The Kier molecular flexibility index (Phi) is 3.69. The maximum Gasteiger partial charge on any atom is 0.377 e. The topological polar surface area (TPSA) is 94.8 Å². The molecule has 19 heavy (non-hydrogen) atoms. The highest BCUT2D eigenvalue weighted by atomic mass is 16.5. The molecule has 0 saturated heterocycles. The molecule has 0 amide bonds. The molecule has 0 spiro atoms. The van der Waals surface area contributed by atoms with E-state index in [0.717, 1.165) is 5.69 Å². The molecule has 0 fully saturated rings. The lowest BCUT2D eigenvalue weighted by atomic mass is 10.4. The van der Waals surface area contributed by atoms with Gasteiger partial charge in [-0.2, -0.15) is 4.98 Å². The van der Waals surface area contributed by atoms with Crippen molar-refractivity contribution in [2.75, 3.05) is 19.0 Å². The van der Waals surface area contributed by atoms with Crippen LogP contribution in [0, 0.1) is 6.92 Å². The highest BCUT2D eigenvalue weighted by Crippen LogP contribution is 2.08. The summed E-state index contributed by atoms with van der Waals surface area (Å²) in [6, 6.07) is 1.75. The van der Waals surface area contributed by atoms with Crippen LogP contribution in [0.2, 0.25) is 0 Å². The molecule has 1 N–H and O–H groups in total. The first kappa shape index (κ1) is 12.9. The van der Waals surface area contributed by atoms with Crippen LogP contribution in [-0.2, 0) is 4.74 Å². The van der Waals surface area contributed by atoms with Crippen molar-refractivity contribution in [3.63, 3.8) is 0 Å². The van der Waals surface area contributed by atoms with Gasteiger partial charge in [0, 0.05) is 18.3 Å². The van der Waals surface area contributed by atoms with E-state index in [1.54, 1.807) is 6.07 Å². The van der Waals surface area contributed by atoms with Crippen LogP contribution < -0.4 is 5.32 Å². The molecule has 0 radical (unpaired) electrons. The van der Waals surface area contributed by atoms with E-state index < -0.39 is 5.97 Å². The molecule has 0 aliphatic heterocycles. The van der Waals surface area contributed by atoms with Gasteiger partial charge in [-0.15, -0.1) is 5.10 Å². The summed E-state index contributed by atoms with van der Waals surface area (Å²) < 4.78 is 5.95.